The molecule has 0 aromatic heterocycles. The zero-order chi connectivity index (χ0) is 11.2. The molecule has 0 aliphatic rings. The Kier molecular flexibility index (Phi) is 6.17. The van der Waals surface area contributed by atoms with Crippen LogP contribution in [0.4, 0.5) is 0 Å². The van der Waals surface area contributed by atoms with E-state index in [4.69, 9.17) is 11.6 Å². The van der Waals surface area contributed by atoms with Gasteiger partial charge in [-0.3, -0.25) is 4.79 Å². The highest BCUT2D eigenvalue weighted by molar-refractivity contribution is 6.20. The van der Waals surface area contributed by atoms with Crippen molar-refractivity contribution < 1.29 is 4.79 Å². The van der Waals surface area contributed by atoms with Crippen LogP contribution >= 0.6 is 11.6 Å². The molecule has 0 fully saturated rings. The second-order valence-corrected chi connectivity index (χ2v) is 5.76. The average Bonchev–Trinajstić information content (AvgIpc) is 1.94. The minimum atomic E-state index is 0.0733. The van der Waals surface area contributed by atoms with Crippen molar-refractivity contribution in [2.45, 2.75) is 52.3 Å². The quantitative estimate of drug-likeness (QED) is 0.559. The lowest BCUT2D eigenvalue weighted by molar-refractivity contribution is -0.122. The van der Waals surface area contributed by atoms with E-state index in [2.05, 4.69) is 26.1 Å². The fourth-order valence-corrected chi connectivity index (χ4v) is 1.31. The zero-order valence-corrected chi connectivity index (χ0v) is 10.4. The molecular formula is C11H22ClNO. The van der Waals surface area contributed by atoms with E-state index in [0.717, 1.165) is 19.4 Å². The molecule has 2 nitrogen and oxygen atoms in total. The summed E-state index contributed by atoms with van der Waals surface area (Å²) in [7, 11) is 0. The molecule has 1 atom stereocenters. The van der Waals surface area contributed by atoms with E-state index in [9.17, 15) is 4.79 Å². The van der Waals surface area contributed by atoms with Gasteiger partial charge in [-0.2, -0.15) is 0 Å². The van der Waals surface area contributed by atoms with Gasteiger partial charge >= 0.3 is 0 Å². The molecule has 14 heavy (non-hydrogen) atoms. The Hall–Kier alpha value is -0.240. The zero-order valence-electron chi connectivity index (χ0n) is 9.69. The molecule has 3 heteroatoms. The summed E-state index contributed by atoms with van der Waals surface area (Å²) in [6.07, 6.45) is 2.50. The van der Waals surface area contributed by atoms with Crippen LogP contribution in [0.5, 0.6) is 0 Å². The summed E-state index contributed by atoms with van der Waals surface area (Å²) < 4.78 is 0. The van der Waals surface area contributed by atoms with Crippen LogP contribution in [-0.4, -0.2) is 17.8 Å². The standard InChI is InChI=1S/C11H22ClNO/c1-9(12)6-5-7-13-10(14)8-11(2,3)4/h9H,5-8H2,1-4H3,(H,13,14). The lowest BCUT2D eigenvalue weighted by Crippen LogP contribution is -2.28. The van der Waals surface area contributed by atoms with Crippen LogP contribution in [0.2, 0.25) is 0 Å². The monoisotopic (exact) mass is 219 g/mol. The molecule has 0 heterocycles. The Labute approximate surface area is 92.4 Å². The Bertz CT molecular complexity index is 173. The number of carbonyl (C=O) groups is 1. The molecule has 0 saturated heterocycles. The SMILES string of the molecule is CC(Cl)CCCNC(=O)CC(C)(C)C. The van der Waals surface area contributed by atoms with Gasteiger partial charge in [0, 0.05) is 18.3 Å². The van der Waals surface area contributed by atoms with Crippen molar-refractivity contribution in [3.63, 3.8) is 0 Å². The molecular weight excluding hydrogens is 198 g/mol. The van der Waals surface area contributed by atoms with Gasteiger partial charge in [-0.05, 0) is 25.2 Å². The average molecular weight is 220 g/mol. The third-order valence-corrected chi connectivity index (χ3v) is 2.01. The summed E-state index contributed by atoms with van der Waals surface area (Å²) >= 11 is 5.79. The predicted octanol–water partition coefficient (Wildman–Crippen LogP) is 2.95. The highest BCUT2D eigenvalue weighted by Crippen LogP contribution is 2.17. The molecule has 0 aromatic rings. The molecule has 0 aromatic carbocycles. The first-order valence-electron chi connectivity index (χ1n) is 5.22. The number of hydrogen-bond donors (Lipinski definition) is 1. The van der Waals surface area contributed by atoms with E-state index in [1.54, 1.807) is 0 Å². The number of amides is 1. The minimum absolute atomic E-state index is 0.0733. The van der Waals surface area contributed by atoms with Gasteiger partial charge in [0.1, 0.15) is 0 Å². The number of halogens is 1. The van der Waals surface area contributed by atoms with E-state index < -0.39 is 0 Å². The van der Waals surface area contributed by atoms with Gasteiger partial charge in [0.05, 0.1) is 0 Å². The largest absolute Gasteiger partial charge is 0.356 e. The first-order chi connectivity index (χ1) is 6.31. The van der Waals surface area contributed by atoms with Crippen LogP contribution in [0.25, 0.3) is 0 Å². The number of rotatable bonds is 5. The van der Waals surface area contributed by atoms with Crippen molar-refractivity contribution in [2.75, 3.05) is 6.54 Å². The van der Waals surface area contributed by atoms with Crippen molar-refractivity contribution in [3.05, 3.63) is 0 Å². The lowest BCUT2D eigenvalue weighted by atomic mass is 9.92. The van der Waals surface area contributed by atoms with E-state index >= 15 is 0 Å². The number of nitrogens with one attached hydrogen (secondary N) is 1. The molecule has 1 unspecified atom stereocenters. The molecule has 1 N–H and O–H groups in total. The topological polar surface area (TPSA) is 29.1 Å². The third kappa shape index (κ3) is 9.85. The normalized spacial score (nSPS) is 13.8. The highest BCUT2D eigenvalue weighted by Gasteiger charge is 2.15. The van der Waals surface area contributed by atoms with E-state index in [0.29, 0.717) is 6.42 Å². The molecule has 84 valence electrons. The summed E-state index contributed by atoms with van der Waals surface area (Å²) in [6, 6.07) is 0. The Morgan fingerprint density at radius 2 is 2.00 bits per heavy atom. The second-order valence-electron chi connectivity index (χ2n) is 5.01. The molecule has 0 radical (unpaired) electrons. The minimum Gasteiger partial charge on any atom is -0.356 e. The molecule has 0 spiro atoms. The Morgan fingerprint density at radius 3 is 2.43 bits per heavy atom. The fraction of sp³-hybridized carbons (Fsp3) is 0.909. The first-order valence-corrected chi connectivity index (χ1v) is 5.66. The number of carbonyl (C=O) groups excluding carboxylic acids is 1. The molecule has 0 saturated carbocycles. The fourth-order valence-electron chi connectivity index (χ4n) is 1.16. The molecule has 0 bridgehead atoms. The van der Waals surface area contributed by atoms with Crippen LogP contribution in [-0.2, 0) is 4.79 Å². The van der Waals surface area contributed by atoms with Crippen LogP contribution in [0.1, 0.15) is 47.0 Å². The smallest absolute Gasteiger partial charge is 0.220 e. The van der Waals surface area contributed by atoms with E-state index in [1.807, 2.05) is 6.92 Å². The maximum Gasteiger partial charge on any atom is 0.220 e. The van der Waals surface area contributed by atoms with Crippen molar-refractivity contribution in [1.29, 1.82) is 0 Å². The first kappa shape index (κ1) is 13.8. The Morgan fingerprint density at radius 1 is 1.43 bits per heavy atom. The number of hydrogen-bond acceptors (Lipinski definition) is 1. The van der Waals surface area contributed by atoms with Gasteiger partial charge in [-0.15, -0.1) is 11.6 Å². The summed E-state index contributed by atoms with van der Waals surface area (Å²) in [5.74, 6) is 0.139. The van der Waals surface area contributed by atoms with Gasteiger partial charge in [0.25, 0.3) is 0 Å². The van der Waals surface area contributed by atoms with Gasteiger partial charge < -0.3 is 5.32 Å². The Balaban J connectivity index is 3.46. The summed E-state index contributed by atoms with van der Waals surface area (Å²) in [4.78, 5) is 11.4. The van der Waals surface area contributed by atoms with Gasteiger partial charge in [0.2, 0.25) is 5.91 Å². The molecule has 0 aliphatic heterocycles. The van der Waals surface area contributed by atoms with Crippen molar-refractivity contribution in [2.24, 2.45) is 5.41 Å². The summed E-state index contributed by atoms with van der Waals surface area (Å²) in [5.41, 5.74) is 0.0733. The van der Waals surface area contributed by atoms with Gasteiger partial charge in [-0.25, -0.2) is 0 Å². The molecule has 0 rings (SSSR count). The highest BCUT2D eigenvalue weighted by atomic mass is 35.5. The van der Waals surface area contributed by atoms with Crippen molar-refractivity contribution in [1.82, 2.24) is 5.32 Å². The third-order valence-electron chi connectivity index (χ3n) is 1.79. The van der Waals surface area contributed by atoms with Crippen LogP contribution < -0.4 is 5.32 Å². The molecule has 1 amide bonds. The summed E-state index contributed by atoms with van der Waals surface area (Å²) in [6.45, 7) is 8.90. The van der Waals surface area contributed by atoms with Crippen LogP contribution in [0, 0.1) is 5.41 Å². The maximum absolute atomic E-state index is 11.4. The van der Waals surface area contributed by atoms with Crippen molar-refractivity contribution in [3.8, 4) is 0 Å². The lowest BCUT2D eigenvalue weighted by Gasteiger charge is -2.17. The second kappa shape index (κ2) is 6.28. The van der Waals surface area contributed by atoms with E-state index in [1.165, 1.54) is 0 Å². The van der Waals surface area contributed by atoms with Gasteiger partial charge in [-0.1, -0.05) is 20.8 Å². The predicted molar refractivity (Wildman–Crippen MR) is 61.6 cm³/mol. The molecule has 0 aliphatic carbocycles. The van der Waals surface area contributed by atoms with Crippen molar-refractivity contribution >= 4 is 17.5 Å². The maximum atomic E-state index is 11.4. The van der Waals surface area contributed by atoms with Crippen LogP contribution in [0.3, 0.4) is 0 Å². The van der Waals surface area contributed by atoms with E-state index in [-0.39, 0.29) is 16.7 Å². The van der Waals surface area contributed by atoms with Gasteiger partial charge in [0.15, 0.2) is 0 Å². The van der Waals surface area contributed by atoms with Crippen LogP contribution in [0.15, 0.2) is 0 Å². The number of alkyl halides is 1. The summed E-state index contributed by atoms with van der Waals surface area (Å²) in [5, 5.41) is 3.10.